The molecule has 0 N–H and O–H groups in total. The zero-order valence-electron chi connectivity index (χ0n) is 13.2. The first-order valence-corrected chi connectivity index (χ1v) is 9.19. The molecule has 3 heteroatoms. The molecule has 4 rings (SSSR count). The minimum absolute atomic E-state index is 0.245. The number of nitrogens with zero attached hydrogens (tertiary/aromatic N) is 1. The topological polar surface area (TPSA) is 23.8 Å². The summed E-state index contributed by atoms with van der Waals surface area (Å²) < 4.78 is 0. The van der Waals surface area contributed by atoms with E-state index in [-0.39, 0.29) is 5.41 Å². The van der Waals surface area contributed by atoms with Gasteiger partial charge in [0.1, 0.15) is 6.07 Å². The maximum absolute atomic E-state index is 9.13. The zero-order chi connectivity index (χ0) is 15.8. The fourth-order valence-corrected chi connectivity index (χ4v) is 5.18. The van der Waals surface area contributed by atoms with Crippen LogP contribution in [-0.2, 0) is 5.41 Å². The number of fused-ring (bicyclic) bond motifs is 3. The third kappa shape index (κ3) is 2.66. The van der Waals surface area contributed by atoms with Crippen molar-refractivity contribution in [3.8, 4) is 6.07 Å². The highest BCUT2D eigenvalue weighted by Crippen LogP contribution is 2.59. The summed E-state index contributed by atoms with van der Waals surface area (Å²) in [4.78, 5) is 0. The van der Waals surface area contributed by atoms with Crippen LogP contribution >= 0.6 is 23.2 Å². The van der Waals surface area contributed by atoms with Crippen LogP contribution in [0.15, 0.2) is 12.1 Å². The molecule has 3 aliphatic rings. The molecule has 0 aliphatic heterocycles. The van der Waals surface area contributed by atoms with Crippen molar-refractivity contribution in [3.63, 3.8) is 0 Å². The lowest BCUT2D eigenvalue weighted by atomic mass is 9.51. The summed E-state index contributed by atoms with van der Waals surface area (Å²) >= 11 is 12.5. The molecule has 22 heavy (non-hydrogen) atoms. The van der Waals surface area contributed by atoms with Crippen molar-refractivity contribution in [1.82, 2.24) is 0 Å². The largest absolute Gasteiger partial charge is 0.192 e. The zero-order valence-corrected chi connectivity index (χ0v) is 14.7. The highest BCUT2D eigenvalue weighted by atomic mass is 35.5. The molecule has 1 aromatic rings. The summed E-state index contributed by atoms with van der Waals surface area (Å²) in [7, 11) is 0. The Morgan fingerprint density at radius 3 is 2.05 bits per heavy atom. The van der Waals surface area contributed by atoms with E-state index in [2.05, 4.69) is 13.0 Å². The summed E-state index contributed by atoms with van der Waals surface area (Å²) in [5, 5.41) is 10.1. The number of halogens is 2. The van der Waals surface area contributed by atoms with Gasteiger partial charge in [-0.15, -0.1) is 0 Å². The van der Waals surface area contributed by atoms with E-state index in [0.29, 0.717) is 21.0 Å². The van der Waals surface area contributed by atoms with Gasteiger partial charge in [0.05, 0.1) is 15.6 Å². The van der Waals surface area contributed by atoms with Crippen LogP contribution in [0.1, 0.15) is 75.8 Å². The molecule has 2 bridgehead atoms. The molecule has 1 nitrogen and oxygen atoms in total. The molecule has 3 aliphatic carbocycles. The Bertz CT molecular complexity index is 567. The predicted octanol–water partition coefficient (Wildman–Crippen LogP) is 6.65. The van der Waals surface area contributed by atoms with Crippen LogP contribution in [0, 0.1) is 16.7 Å². The number of benzene rings is 1. The molecular weight excluding hydrogens is 313 g/mol. The molecule has 0 unspecified atom stereocenters. The Labute approximate surface area is 143 Å². The minimum Gasteiger partial charge on any atom is -0.192 e. The highest BCUT2D eigenvalue weighted by Gasteiger charge is 2.48. The second-order valence-corrected chi connectivity index (χ2v) is 8.12. The van der Waals surface area contributed by atoms with Crippen molar-refractivity contribution in [2.24, 2.45) is 5.41 Å². The number of hydrogen-bond acceptors (Lipinski definition) is 1. The average Bonchev–Trinajstić information content (AvgIpc) is 2.54. The summed E-state index contributed by atoms with van der Waals surface area (Å²) in [6.45, 7) is 2.29. The minimum atomic E-state index is 0.245. The monoisotopic (exact) mass is 335 g/mol. The van der Waals surface area contributed by atoms with Gasteiger partial charge in [-0.1, -0.05) is 43.0 Å². The summed E-state index contributed by atoms with van der Waals surface area (Å²) in [5.74, 6) is 0. The van der Waals surface area contributed by atoms with E-state index in [9.17, 15) is 0 Å². The van der Waals surface area contributed by atoms with Crippen LogP contribution in [0.5, 0.6) is 0 Å². The van der Waals surface area contributed by atoms with Crippen LogP contribution in [0.3, 0.4) is 0 Å². The second kappa shape index (κ2) is 6.06. The molecule has 0 amide bonds. The molecule has 0 heterocycles. The van der Waals surface area contributed by atoms with E-state index in [4.69, 9.17) is 28.5 Å². The van der Waals surface area contributed by atoms with E-state index < -0.39 is 0 Å². The Morgan fingerprint density at radius 1 is 1.05 bits per heavy atom. The van der Waals surface area contributed by atoms with Gasteiger partial charge < -0.3 is 0 Å². The van der Waals surface area contributed by atoms with Crippen LogP contribution in [0.25, 0.3) is 0 Å². The van der Waals surface area contributed by atoms with Crippen molar-refractivity contribution in [3.05, 3.63) is 33.3 Å². The van der Waals surface area contributed by atoms with Gasteiger partial charge >= 0.3 is 0 Å². The van der Waals surface area contributed by atoms with Gasteiger partial charge in [0.2, 0.25) is 0 Å². The molecule has 0 radical (unpaired) electrons. The number of rotatable bonds is 4. The fraction of sp³-hybridized carbons (Fsp3) is 0.632. The van der Waals surface area contributed by atoms with Crippen LogP contribution in [0.2, 0.25) is 10.0 Å². The van der Waals surface area contributed by atoms with Crippen molar-refractivity contribution in [2.45, 2.75) is 70.1 Å². The lowest BCUT2D eigenvalue weighted by molar-refractivity contribution is 0.0308. The summed E-state index contributed by atoms with van der Waals surface area (Å²) in [6.07, 6.45) is 11.8. The van der Waals surface area contributed by atoms with E-state index in [1.165, 1.54) is 63.4 Å². The quantitative estimate of drug-likeness (QED) is 0.604. The molecule has 3 fully saturated rings. The molecule has 0 saturated heterocycles. The first-order valence-electron chi connectivity index (χ1n) is 8.44. The lowest BCUT2D eigenvalue weighted by Crippen LogP contribution is -2.44. The smallest absolute Gasteiger partial charge is 0.102 e. The molecule has 0 aromatic heterocycles. The van der Waals surface area contributed by atoms with E-state index in [1.54, 1.807) is 0 Å². The van der Waals surface area contributed by atoms with Crippen molar-refractivity contribution < 1.29 is 0 Å². The van der Waals surface area contributed by atoms with Crippen molar-refractivity contribution in [2.75, 3.05) is 0 Å². The van der Waals surface area contributed by atoms with Crippen molar-refractivity contribution in [1.29, 1.82) is 5.26 Å². The lowest BCUT2D eigenvalue weighted by Gasteiger charge is -2.54. The van der Waals surface area contributed by atoms with Gasteiger partial charge in [-0.25, -0.2) is 0 Å². The molecular formula is C19H23Cl2N. The maximum atomic E-state index is 9.13. The highest BCUT2D eigenvalue weighted by molar-refractivity contribution is 6.36. The molecule has 0 atom stereocenters. The standard InChI is InChI=1S/C19H23Cl2N/c1-2-3-4-18-5-8-19(9-6-18,10-7-18)14-11-16(20)15(13-22)17(21)12-14/h11-12H,2-10H2,1H3. The number of nitriles is 1. The van der Waals surface area contributed by atoms with Gasteiger partial charge in [-0.05, 0) is 73.5 Å². The number of unbranched alkanes of at least 4 members (excludes halogenated alkanes) is 1. The molecule has 1 aromatic carbocycles. The molecule has 0 spiro atoms. The van der Waals surface area contributed by atoms with Gasteiger partial charge in [0.15, 0.2) is 0 Å². The van der Waals surface area contributed by atoms with Crippen LogP contribution < -0.4 is 0 Å². The van der Waals surface area contributed by atoms with Gasteiger partial charge in [-0.3, -0.25) is 0 Å². The third-order valence-electron chi connectivity index (χ3n) is 6.23. The molecule has 3 saturated carbocycles. The van der Waals surface area contributed by atoms with Gasteiger partial charge in [0.25, 0.3) is 0 Å². The average molecular weight is 336 g/mol. The van der Waals surface area contributed by atoms with Gasteiger partial charge in [0, 0.05) is 0 Å². The van der Waals surface area contributed by atoms with E-state index >= 15 is 0 Å². The SMILES string of the molecule is CCCCC12CCC(c3cc(Cl)c(C#N)c(Cl)c3)(CC1)CC2. The second-order valence-electron chi connectivity index (χ2n) is 7.31. The number of hydrogen-bond donors (Lipinski definition) is 0. The Kier molecular flexibility index (Phi) is 4.45. The first-order chi connectivity index (χ1) is 10.5. The van der Waals surface area contributed by atoms with Gasteiger partial charge in [-0.2, -0.15) is 5.26 Å². The third-order valence-corrected chi connectivity index (χ3v) is 6.82. The van der Waals surface area contributed by atoms with Crippen LogP contribution in [0.4, 0.5) is 0 Å². The summed E-state index contributed by atoms with van der Waals surface area (Å²) in [5.41, 5.74) is 2.52. The predicted molar refractivity (Wildman–Crippen MR) is 92.5 cm³/mol. The Morgan fingerprint density at radius 2 is 1.59 bits per heavy atom. The Balaban J connectivity index is 1.85. The first kappa shape index (κ1) is 16.2. The van der Waals surface area contributed by atoms with E-state index in [0.717, 1.165) is 0 Å². The normalized spacial score (nSPS) is 30.3. The summed E-state index contributed by atoms with van der Waals surface area (Å²) in [6, 6.07) is 6.09. The fourth-order valence-electron chi connectivity index (χ4n) is 4.61. The molecule has 118 valence electrons. The van der Waals surface area contributed by atoms with E-state index in [1.807, 2.05) is 12.1 Å². The van der Waals surface area contributed by atoms with Crippen LogP contribution in [-0.4, -0.2) is 0 Å². The maximum Gasteiger partial charge on any atom is 0.102 e. The Hall–Kier alpha value is -0.710. The van der Waals surface area contributed by atoms with Crippen molar-refractivity contribution >= 4 is 23.2 Å².